The van der Waals surface area contributed by atoms with Crippen molar-refractivity contribution in [3.05, 3.63) is 45.9 Å². The van der Waals surface area contributed by atoms with Crippen LogP contribution >= 0.6 is 11.3 Å². The number of nitrogens with zero attached hydrogens (tertiary/aromatic N) is 2. The molecule has 82 valence electrons. The molecular formula is C12H12N2OS. The Labute approximate surface area is 98.0 Å². The first-order valence-corrected chi connectivity index (χ1v) is 5.74. The molecule has 2 rings (SSSR count). The van der Waals surface area contributed by atoms with Gasteiger partial charge >= 0.3 is 0 Å². The molecule has 2 heterocycles. The van der Waals surface area contributed by atoms with Gasteiger partial charge in [-0.3, -0.25) is 9.48 Å². The van der Waals surface area contributed by atoms with Crippen molar-refractivity contribution in [2.24, 2.45) is 7.05 Å². The van der Waals surface area contributed by atoms with Crippen molar-refractivity contribution in [1.29, 1.82) is 0 Å². The number of aryl methyl sites for hydroxylation is 2. The average Bonchev–Trinajstić information content (AvgIpc) is 2.84. The molecule has 0 saturated carbocycles. The number of rotatable bonds is 3. The van der Waals surface area contributed by atoms with Crippen molar-refractivity contribution >= 4 is 23.2 Å². The highest BCUT2D eigenvalue weighted by atomic mass is 32.1. The lowest BCUT2D eigenvalue weighted by Crippen LogP contribution is -1.88. The minimum atomic E-state index is 0.0435. The molecule has 2 aromatic heterocycles. The van der Waals surface area contributed by atoms with Crippen LogP contribution in [-0.2, 0) is 7.05 Å². The lowest BCUT2D eigenvalue weighted by Gasteiger charge is -1.87. The Kier molecular flexibility index (Phi) is 3.01. The fourth-order valence-electron chi connectivity index (χ4n) is 1.35. The van der Waals surface area contributed by atoms with Gasteiger partial charge in [-0.15, -0.1) is 11.3 Å². The van der Waals surface area contributed by atoms with Crippen LogP contribution in [0.2, 0.25) is 0 Å². The Hall–Kier alpha value is -1.68. The van der Waals surface area contributed by atoms with Crippen molar-refractivity contribution < 1.29 is 4.79 Å². The standard InChI is InChI=1S/C12H12N2OS/c1-9-3-6-12(16-9)11(15)5-4-10-7-13-14(2)8-10/h3-8H,1-2H3. The second-order valence-electron chi connectivity index (χ2n) is 3.56. The maximum atomic E-state index is 11.7. The molecule has 3 nitrogen and oxygen atoms in total. The van der Waals surface area contributed by atoms with E-state index in [4.69, 9.17) is 0 Å². The Balaban J connectivity index is 2.10. The Morgan fingerprint density at radius 1 is 1.50 bits per heavy atom. The quantitative estimate of drug-likeness (QED) is 0.602. The smallest absolute Gasteiger partial charge is 0.195 e. The van der Waals surface area contributed by atoms with E-state index in [-0.39, 0.29) is 5.78 Å². The van der Waals surface area contributed by atoms with Gasteiger partial charge in [-0.05, 0) is 31.2 Å². The Morgan fingerprint density at radius 3 is 2.88 bits per heavy atom. The van der Waals surface area contributed by atoms with Gasteiger partial charge in [0.05, 0.1) is 11.1 Å². The van der Waals surface area contributed by atoms with E-state index >= 15 is 0 Å². The highest BCUT2D eigenvalue weighted by Crippen LogP contribution is 2.16. The zero-order valence-electron chi connectivity index (χ0n) is 9.18. The van der Waals surface area contributed by atoms with Gasteiger partial charge in [0.2, 0.25) is 0 Å². The van der Waals surface area contributed by atoms with Crippen LogP contribution in [0.25, 0.3) is 6.08 Å². The van der Waals surface area contributed by atoms with Crippen molar-refractivity contribution in [2.75, 3.05) is 0 Å². The third kappa shape index (κ3) is 2.46. The summed E-state index contributed by atoms with van der Waals surface area (Å²) in [5, 5.41) is 4.03. The molecule has 0 spiro atoms. The summed E-state index contributed by atoms with van der Waals surface area (Å²) in [6, 6.07) is 3.81. The molecular weight excluding hydrogens is 220 g/mol. The number of hydrogen-bond donors (Lipinski definition) is 0. The van der Waals surface area contributed by atoms with Gasteiger partial charge in [0.15, 0.2) is 5.78 Å². The molecule has 0 bridgehead atoms. The zero-order chi connectivity index (χ0) is 11.5. The van der Waals surface area contributed by atoms with Crippen LogP contribution < -0.4 is 0 Å². The highest BCUT2D eigenvalue weighted by molar-refractivity contribution is 7.14. The maximum Gasteiger partial charge on any atom is 0.195 e. The van der Waals surface area contributed by atoms with Gasteiger partial charge in [0.1, 0.15) is 0 Å². The van der Waals surface area contributed by atoms with E-state index in [0.29, 0.717) is 0 Å². The normalized spacial score (nSPS) is 11.1. The minimum Gasteiger partial charge on any atom is -0.288 e. The van der Waals surface area contributed by atoms with Crippen LogP contribution in [0.1, 0.15) is 20.1 Å². The summed E-state index contributed by atoms with van der Waals surface area (Å²) in [5.74, 6) is 0.0435. The molecule has 0 N–H and O–H groups in total. The molecule has 0 aliphatic rings. The van der Waals surface area contributed by atoms with Gasteiger partial charge in [-0.2, -0.15) is 5.10 Å². The van der Waals surface area contributed by atoms with Crippen molar-refractivity contribution in [1.82, 2.24) is 9.78 Å². The Morgan fingerprint density at radius 2 is 2.31 bits per heavy atom. The minimum absolute atomic E-state index is 0.0435. The van der Waals surface area contributed by atoms with E-state index in [1.165, 1.54) is 11.3 Å². The molecule has 2 aromatic rings. The van der Waals surface area contributed by atoms with E-state index in [1.54, 1.807) is 23.0 Å². The van der Waals surface area contributed by atoms with Gasteiger partial charge in [0, 0.05) is 23.7 Å². The molecule has 0 fully saturated rings. The van der Waals surface area contributed by atoms with Gasteiger partial charge in [-0.25, -0.2) is 0 Å². The molecule has 0 atom stereocenters. The summed E-state index contributed by atoms with van der Waals surface area (Å²) in [7, 11) is 1.85. The maximum absolute atomic E-state index is 11.7. The molecule has 0 radical (unpaired) electrons. The SMILES string of the molecule is Cc1ccc(C(=O)C=Cc2cnn(C)c2)s1. The number of allylic oxidation sites excluding steroid dienone is 1. The van der Waals surface area contributed by atoms with E-state index in [9.17, 15) is 4.79 Å². The summed E-state index contributed by atoms with van der Waals surface area (Å²) >= 11 is 1.51. The summed E-state index contributed by atoms with van der Waals surface area (Å²) in [5.41, 5.74) is 0.934. The van der Waals surface area contributed by atoms with Crippen LogP contribution in [0, 0.1) is 6.92 Å². The molecule has 0 amide bonds. The second-order valence-corrected chi connectivity index (χ2v) is 4.84. The van der Waals surface area contributed by atoms with Crippen LogP contribution in [0.4, 0.5) is 0 Å². The van der Waals surface area contributed by atoms with Crippen molar-refractivity contribution in [3.63, 3.8) is 0 Å². The molecule has 16 heavy (non-hydrogen) atoms. The van der Waals surface area contributed by atoms with Crippen LogP contribution in [0.15, 0.2) is 30.6 Å². The highest BCUT2D eigenvalue weighted by Gasteiger charge is 2.03. The zero-order valence-corrected chi connectivity index (χ0v) is 9.99. The lowest BCUT2D eigenvalue weighted by molar-refractivity contribution is 0.105. The summed E-state index contributed by atoms with van der Waals surface area (Å²) in [6.45, 7) is 1.99. The number of carbonyl (C=O) groups is 1. The summed E-state index contributed by atoms with van der Waals surface area (Å²) < 4.78 is 1.71. The van der Waals surface area contributed by atoms with E-state index in [0.717, 1.165) is 15.3 Å². The number of carbonyl (C=O) groups excluding carboxylic acids is 1. The van der Waals surface area contributed by atoms with Crippen LogP contribution in [-0.4, -0.2) is 15.6 Å². The van der Waals surface area contributed by atoms with E-state index < -0.39 is 0 Å². The lowest BCUT2D eigenvalue weighted by atomic mass is 10.2. The van der Waals surface area contributed by atoms with Crippen molar-refractivity contribution in [3.8, 4) is 0 Å². The van der Waals surface area contributed by atoms with Gasteiger partial charge in [0.25, 0.3) is 0 Å². The van der Waals surface area contributed by atoms with Crippen molar-refractivity contribution in [2.45, 2.75) is 6.92 Å². The summed E-state index contributed by atoms with van der Waals surface area (Å²) in [4.78, 5) is 13.7. The fourth-order valence-corrected chi connectivity index (χ4v) is 2.13. The average molecular weight is 232 g/mol. The number of hydrogen-bond acceptors (Lipinski definition) is 3. The number of ketones is 1. The predicted octanol–water partition coefficient (Wildman–Crippen LogP) is 2.69. The molecule has 0 aromatic carbocycles. The monoisotopic (exact) mass is 232 g/mol. The topological polar surface area (TPSA) is 34.9 Å². The first-order chi connectivity index (χ1) is 7.65. The largest absolute Gasteiger partial charge is 0.288 e. The third-order valence-corrected chi connectivity index (χ3v) is 3.15. The first kappa shape index (κ1) is 10.8. The first-order valence-electron chi connectivity index (χ1n) is 4.92. The molecule has 0 saturated heterocycles. The molecule has 4 heteroatoms. The number of thiophene rings is 1. The second kappa shape index (κ2) is 4.45. The van der Waals surface area contributed by atoms with Crippen LogP contribution in [0.3, 0.4) is 0 Å². The number of aromatic nitrogens is 2. The Bertz CT molecular complexity index is 537. The van der Waals surface area contributed by atoms with E-state index in [2.05, 4.69) is 5.10 Å². The van der Waals surface area contributed by atoms with Gasteiger partial charge < -0.3 is 0 Å². The summed E-state index contributed by atoms with van der Waals surface area (Å²) in [6.07, 6.45) is 6.96. The fraction of sp³-hybridized carbons (Fsp3) is 0.167. The molecule has 0 aliphatic heterocycles. The van der Waals surface area contributed by atoms with E-state index in [1.807, 2.05) is 32.3 Å². The molecule has 0 aliphatic carbocycles. The molecule has 0 unspecified atom stereocenters. The predicted molar refractivity (Wildman–Crippen MR) is 65.6 cm³/mol. The van der Waals surface area contributed by atoms with Gasteiger partial charge in [-0.1, -0.05) is 0 Å². The third-order valence-electron chi connectivity index (χ3n) is 2.14. The van der Waals surface area contributed by atoms with Crippen LogP contribution in [0.5, 0.6) is 0 Å².